The standard InChI is InChI=1S/C19H18Cl2N4O3S/c1-12(2)25-18(9-10-22-25)23-19(26)13-3-6-15(7-4-13)24-29(27,28)17-11-14(20)5-8-16(17)21/h3-12,24H,1-2H3,(H,23,26). The molecule has 0 fully saturated rings. The lowest BCUT2D eigenvalue weighted by Gasteiger charge is -2.12. The van der Waals surface area contributed by atoms with Crippen LogP contribution in [-0.2, 0) is 10.0 Å². The van der Waals surface area contributed by atoms with E-state index in [1.165, 1.54) is 42.5 Å². The highest BCUT2D eigenvalue weighted by Gasteiger charge is 2.19. The van der Waals surface area contributed by atoms with Gasteiger partial charge in [-0.3, -0.25) is 9.52 Å². The summed E-state index contributed by atoms with van der Waals surface area (Å²) in [6, 6.07) is 12.0. The van der Waals surface area contributed by atoms with Gasteiger partial charge in [0.25, 0.3) is 15.9 Å². The highest BCUT2D eigenvalue weighted by molar-refractivity contribution is 7.92. The van der Waals surface area contributed by atoms with E-state index in [4.69, 9.17) is 23.2 Å². The number of nitrogens with one attached hydrogen (secondary N) is 2. The summed E-state index contributed by atoms with van der Waals surface area (Å²) in [5.41, 5.74) is 0.648. The molecule has 0 bridgehead atoms. The van der Waals surface area contributed by atoms with E-state index in [-0.39, 0.29) is 32.6 Å². The third-order valence-electron chi connectivity index (χ3n) is 3.98. The summed E-state index contributed by atoms with van der Waals surface area (Å²) in [6.45, 7) is 3.91. The van der Waals surface area contributed by atoms with E-state index in [9.17, 15) is 13.2 Å². The predicted octanol–water partition coefficient (Wildman–Crippen LogP) is 4.82. The van der Waals surface area contributed by atoms with Gasteiger partial charge in [0.2, 0.25) is 0 Å². The normalized spacial score (nSPS) is 11.5. The summed E-state index contributed by atoms with van der Waals surface area (Å²) >= 11 is 11.8. The maximum Gasteiger partial charge on any atom is 0.263 e. The van der Waals surface area contributed by atoms with Gasteiger partial charge in [-0.25, -0.2) is 13.1 Å². The first-order chi connectivity index (χ1) is 13.7. The monoisotopic (exact) mass is 452 g/mol. The van der Waals surface area contributed by atoms with Crippen LogP contribution < -0.4 is 10.0 Å². The highest BCUT2D eigenvalue weighted by Crippen LogP contribution is 2.27. The van der Waals surface area contributed by atoms with Crippen LogP contribution in [0.2, 0.25) is 10.0 Å². The van der Waals surface area contributed by atoms with Crippen molar-refractivity contribution in [2.45, 2.75) is 24.8 Å². The fourth-order valence-corrected chi connectivity index (χ4v) is 4.42. The van der Waals surface area contributed by atoms with Crippen LogP contribution in [0.25, 0.3) is 0 Å². The third kappa shape index (κ3) is 4.90. The number of nitrogens with zero attached hydrogens (tertiary/aromatic N) is 2. The molecule has 0 saturated heterocycles. The van der Waals surface area contributed by atoms with Gasteiger partial charge in [0, 0.05) is 28.4 Å². The maximum atomic E-state index is 12.6. The van der Waals surface area contributed by atoms with E-state index in [0.29, 0.717) is 11.4 Å². The summed E-state index contributed by atoms with van der Waals surface area (Å²) in [4.78, 5) is 12.3. The summed E-state index contributed by atoms with van der Waals surface area (Å²) in [7, 11) is -3.93. The molecule has 3 rings (SSSR count). The van der Waals surface area contributed by atoms with E-state index in [1.54, 1.807) is 16.9 Å². The Morgan fingerprint density at radius 1 is 1.07 bits per heavy atom. The number of rotatable bonds is 6. The number of benzene rings is 2. The van der Waals surface area contributed by atoms with Gasteiger partial charge >= 0.3 is 0 Å². The Hall–Kier alpha value is -2.55. The Morgan fingerprint density at radius 3 is 2.41 bits per heavy atom. The van der Waals surface area contributed by atoms with Crippen molar-refractivity contribution in [2.75, 3.05) is 10.0 Å². The lowest BCUT2D eigenvalue weighted by molar-refractivity contribution is 0.102. The minimum atomic E-state index is -3.93. The number of carbonyl (C=O) groups excluding carboxylic acids is 1. The van der Waals surface area contributed by atoms with Crippen LogP contribution in [0.5, 0.6) is 0 Å². The van der Waals surface area contributed by atoms with Crippen molar-refractivity contribution in [3.63, 3.8) is 0 Å². The SMILES string of the molecule is CC(C)n1nccc1NC(=O)c1ccc(NS(=O)(=O)c2cc(Cl)ccc2Cl)cc1. The Kier molecular flexibility index (Phi) is 6.16. The van der Waals surface area contributed by atoms with E-state index in [0.717, 1.165) is 0 Å². The summed E-state index contributed by atoms with van der Waals surface area (Å²) in [5, 5.41) is 7.26. The average Bonchev–Trinajstić information content (AvgIpc) is 3.12. The number of amides is 1. The molecule has 0 aliphatic heterocycles. The summed E-state index contributed by atoms with van der Waals surface area (Å²) in [5.74, 6) is 0.241. The van der Waals surface area contributed by atoms with Crippen molar-refractivity contribution in [2.24, 2.45) is 0 Å². The fourth-order valence-electron chi connectivity index (χ4n) is 2.60. The van der Waals surface area contributed by atoms with Crippen molar-refractivity contribution in [1.29, 1.82) is 0 Å². The molecule has 0 aliphatic carbocycles. The molecular weight excluding hydrogens is 435 g/mol. The van der Waals surface area contributed by atoms with Crippen molar-refractivity contribution in [3.8, 4) is 0 Å². The number of carbonyl (C=O) groups is 1. The molecule has 0 saturated carbocycles. The molecule has 0 spiro atoms. The first-order valence-corrected chi connectivity index (χ1v) is 10.8. The van der Waals surface area contributed by atoms with Crippen LogP contribution in [0.4, 0.5) is 11.5 Å². The van der Waals surface area contributed by atoms with Crippen LogP contribution in [0, 0.1) is 0 Å². The fraction of sp³-hybridized carbons (Fsp3) is 0.158. The van der Waals surface area contributed by atoms with Crippen LogP contribution >= 0.6 is 23.2 Å². The van der Waals surface area contributed by atoms with Gasteiger partial charge < -0.3 is 5.32 Å². The van der Waals surface area contributed by atoms with Gasteiger partial charge in [-0.1, -0.05) is 23.2 Å². The number of anilines is 2. The number of hydrogen-bond donors (Lipinski definition) is 2. The predicted molar refractivity (Wildman–Crippen MR) is 114 cm³/mol. The maximum absolute atomic E-state index is 12.6. The highest BCUT2D eigenvalue weighted by atomic mass is 35.5. The summed E-state index contributed by atoms with van der Waals surface area (Å²) < 4.78 is 29.2. The minimum absolute atomic E-state index is 0.0552. The molecule has 0 aliphatic rings. The number of sulfonamides is 1. The molecule has 7 nitrogen and oxygen atoms in total. The van der Waals surface area contributed by atoms with Gasteiger partial charge in [-0.05, 0) is 56.3 Å². The molecule has 0 atom stereocenters. The molecular formula is C19H18Cl2N4O3S. The molecule has 1 amide bonds. The second kappa shape index (κ2) is 8.44. The molecule has 10 heteroatoms. The first-order valence-electron chi connectivity index (χ1n) is 8.60. The molecule has 1 aromatic heterocycles. The average molecular weight is 453 g/mol. The van der Waals surface area contributed by atoms with E-state index >= 15 is 0 Å². The Balaban J connectivity index is 1.75. The van der Waals surface area contributed by atoms with Gasteiger partial charge in [0.15, 0.2) is 0 Å². The largest absolute Gasteiger partial charge is 0.307 e. The molecule has 0 radical (unpaired) electrons. The molecule has 2 aromatic carbocycles. The third-order valence-corrected chi connectivity index (χ3v) is 6.08. The first kappa shape index (κ1) is 21.2. The molecule has 152 valence electrons. The van der Waals surface area contributed by atoms with E-state index in [1.807, 2.05) is 13.8 Å². The van der Waals surface area contributed by atoms with Crippen molar-refractivity contribution in [3.05, 3.63) is 70.3 Å². The van der Waals surface area contributed by atoms with Crippen LogP contribution in [-0.4, -0.2) is 24.1 Å². The van der Waals surface area contributed by atoms with Crippen molar-refractivity contribution in [1.82, 2.24) is 9.78 Å². The molecule has 29 heavy (non-hydrogen) atoms. The van der Waals surface area contributed by atoms with Gasteiger partial charge in [-0.15, -0.1) is 0 Å². The summed E-state index contributed by atoms with van der Waals surface area (Å²) in [6.07, 6.45) is 1.61. The zero-order chi connectivity index (χ0) is 21.2. The Morgan fingerprint density at radius 2 is 1.76 bits per heavy atom. The molecule has 2 N–H and O–H groups in total. The minimum Gasteiger partial charge on any atom is -0.307 e. The molecule has 1 heterocycles. The van der Waals surface area contributed by atoms with E-state index < -0.39 is 10.0 Å². The zero-order valence-electron chi connectivity index (χ0n) is 15.6. The quantitative estimate of drug-likeness (QED) is 0.560. The Labute approximate surface area is 178 Å². The topological polar surface area (TPSA) is 93.1 Å². The number of hydrogen-bond acceptors (Lipinski definition) is 4. The second-order valence-electron chi connectivity index (χ2n) is 6.47. The molecule has 3 aromatic rings. The molecule has 0 unspecified atom stereocenters. The number of aromatic nitrogens is 2. The van der Waals surface area contributed by atoms with Crippen LogP contribution in [0.15, 0.2) is 59.6 Å². The van der Waals surface area contributed by atoms with Gasteiger partial charge in [-0.2, -0.15) is 5.10 Å². The van der Waals surface area contributed by atoms with Crippen molar-refractivity contribution >= 4 is 50.6 Å². The Bertz CT molecular complexity index is 1140. The van der Waals surface area contributed by atoms with Gasteiger partial charge in [0.05, 0.1) is 11.2 Å². The lowest BCUT2D eigenvalue weighted by Crippen LogP contribution is -2.17. The lowest BCUT2D eigenvalue weighted by atomic mass is 10.2. The number of halogens is 2. The van der Waals surface area contributed by atoms with Gasteiger partial charge in [0.1, 0.15) is 10.7 Å². The van der Waals surface area contributed by atoms with E-state index in [2.05, 4.69) is 15.1 Å². The van der Waals surface area contributed by atoms with Crippen molar-refractivity contribution < 1.29 is 13.2 Å². The smallest absolute Gasteiger partial charge is 0.263 e. The van der Waals surface area contributed by atoms with Crippen LogP contribution in [0.3, 0.4) is 0 Å². The zero-order valence-corrected chi connectivity index (χ0v) is 17.9. The second-order valence-corrected chi connectivity index (χ2v) is 8.96. The van der Waals surface area contributed by atoms with Crippen LogP contribution in [0.1, 0.15) is 30.2 Å².